The zero-order valence-corrected chi connectivity index (χ0v) is 15.4. The van der Waals surface area contributed by atoms with Crippen LogP contribution >= 0.6 is 0 Å². The molecular formula is C20H24N2O5. The average molecular weight is 372 g/mol. The lowest BCUT2D eigenvalue weighted by Crippen LogP contribution is -2.61. The minimum atomic E-state index is -0.540. The van der Waals surface area contributed by atoms with Crippen molar-refractivity contribution in [3.05, 3.63) is 35.9 Å². The van der Waals surface area contributed by atoms with Crippen molar-refractivity contribution in [2.75, 3.05) is 13.1 Å². The first-order chi connectivity index (χ1) is 12.9. The molecule has 3 fully saturated rings. The van der Waals surface area contributed by atoms with E-state index in [1.807, 2.05) is 30.3 Å². The third-order valence-electron chi connectivity index (χ3n) is 5.32. The van der Waals surface area contributed by atoms with Crippen LogP contribution < -0.4 is 5.32 Å². The molecule has 3 amide bonds. The highest BCUT2D eigenvalue weighted by Gasteiger charge is 2.56. The van der Waals surface area contributed by atoms with Gasteiger partial charge in [-0.15, -0.1) is 0 Å². The molecule has 4 rings (SSSR count). The Balaban J connectivity index is 1.51. The number of benzene rings is 1. The third kappa shape index (κ3) is 4.35. The van der Waals surface area contributed by atoms with Gasteiger partial charge in [-0.25, -0.2) is 4.79 Å². The van der Waals surface area contributed by atoms with Gasteiger partial charge in [0.15, 0.2) is 0 Å². The maximum Gasteiger partial charge on any atom is 0.410 e. The van der Waals surface area contributed by atoms with Gasteiger partial charge in [0.2, 0.25) is 11.8 Å². The van der Waals surface area contributed by atoms with E-state index >= 15 is 0 Å². The number of rotatable bonds is 8. The van der Waals surface area contributed by atoms with E-state index in [-0.39, 0.29) is 36.7 Å². The van der Waals surface area contributed by atoms with E-state index in [0.717, 1.165) is 5.56 Å². The second-order valence-corrected chi connectivity index (χ2v) is 7.47. The molecule has 0 spiro atoms. The molecule has 3 aliphatic rings. The largest absolute Gasteiger partial charge is 0.445 e. The monoisotopic (exact) mass is 372 g/mol. The van der Waals surface area contributed by atoms with E-state index in [1.54, 1.807) is 0 Å². The predicted octanol–water partition coefficient (Wildman–Crippen LogP) is 2.05. The molecular weight excluding hydrogens is 348 g/mol. The number of hydrogen-bond acceptors (Lipinski definition) is 5. The Morgan fingerprint density at radius 3 is 2.56 bits per heavy atom. The molecule has 2 heterocycles. The van der Waals surface area contributed by atoms with Crippen LogP contribution in [0.3, 0.4) is 0 Å². The molecule has 2 saturated heterocycles. The fourth-order valence-corrected chi connectivity index (χ4v) is 3.84. The summed E-state index contributed by atoms with van der Waals surface area (Å²) < 4.78 is 5.31. The molecule has 1 aromatic rings. The van der Waals surface area contributed by atoms with Gasteiger partial charge in [-0.05, 0) is 38.2 Å². The first-order valence-corrected chi connectivity index (χ1v) is 9.20. The molecule has 1 N–H and O–H groups in total. The molecule has 2 bridgehead atoms. The van der Waals surface area contributed by atoms with Crippen LogP contribution in [0.4, 0.5) is 4.79 Å². The Morgan fingerprint density at radius 1 is 1.22 bits per heavy atom. The molecule has 1 aromatic carbocycles. The summed E-state index contributed by atoms with van der Waals surface area (Å²) in [5, 5.41) is 2.41. The minimum absolute atomic E-state index is 0.0199. The van der Waals surface area contributed by atoms with E-state index in [9.17, 15) is 19.2 Å². The van der Waals surface area contributed by atoms with Gasteiger partial charge in [0.05, 0.1) is 12.0 Å². The molecule has 144 valence electrons. The van der Waals surface area contributed by atoms with Crippen LogP contribution in [-0.4, -0.2) is 41.7 Å². The standard InChI is InChI=1S/C20H24N2O5/c1-14(23)12-22(19(26)27-13-15-6-3-2-4-7-15)9-5-8-20-10-16(11-20)17(24)21-18(20)25/h2-4,6-7,16H,5,8-13H2,1H3,(H,21,24,25). The molecule has 1 saturated carbocycles. The van der Waals surface area contributed by atoms with Crippen molar-refractivity contribution >= 4 is 23.7 Å². The molecule has 0 aromatic heterocycles. The smallest absolute Gasteiger partial charge is 0.410 e. The maximum absolute atomic E-state index is 12.4. The third-order valence-corrected chi connectivity index (χ3v) is 5.32. The van der Waals surface area contributed by atoms with Crippen molar-refractivity contribution in [1.82, 2.24) is 10.2 Å². The summed E-state index contributed by atoms with van der Waals surface area (Å²) in [6, 6.07) is 9.32. The summed E-state index contributed by atoms with van der Waals surface area (Å²) in [7, 11) is 0. The van der Waals surface area contributed by atoms with Gasteiger partial charge < -0.3 is 9.64 Å². The lowest BCUT2D eigenvalue weighted by molar-refractivity contribution is -0.159. The Labute approximate surface area is 158 Å². The predicted molar refractivity (Wildman–Crippen MR) is 96.4 cm³/mol. The van der Waals surface area contributed by atoms with Crippen molar-refractivity contribution < 1.29 is 23.9 Å². The fraction of sp³-hybridized carbons (Fsp3) is 0.500. The lowest BCUT2D eigenvalue weighted by atomic mass is 9.56. The van der Waals surface area contributed by atoms with Crippen LogP contribution in [0, 0.1) is 11.3 Å². The Hall–Kier alpha value is -2.70. The van der Waals surface area contributed by atoms with Crippen molar-refractivity contribution in [2.24, 2.45) is 11.3 Å². The highest BCUT2D eigenvalue weighted by Crippen LogP contribution is 2.51. The van der Waals surface area contributed by atoms with Crippen LogP contribution in [-0.2, 0) is 25.7 Å². The van der Waals surface area contributed by atoms with Gasteiger partial charge in [-0.2, -0.15) is 0 Å². The van der Waals surface area contributed by atoms with Crippen LogP contribution in [0.5, 0.6) is 0 Å². The number of carbonyl (C=O) groups is 4. The zero-order chi connectivity index (χ0) is 19.4. The van der Waals surface area contributed by atoms with Crippen LogP contribution in [0.2, 0.25) is 0 Å². The van der Waals surface area contributed by atoms with Crippen LogP contribution in [0.1, 0.15) is 38.2 Å². The Kier molecular flexibility index (Phi) is 5.58. The number of ether oxygens (including phenoxy) is 1. The number of nitrogens with one attached hydrogen (secondary N) is 1. The summed E-state index contributed by atoms with van der Waals surface area (Å²) in [5.41, 5.74) is 0.380. The van der Waals surface area contributed by atoms with Crippen molar-refractivity contribution in [3.8, 4) is 0 Å². The maximum atomic E-state index is 12.4. The summed E-state index contributed by atoms with van der Waals surface area (Å²) in [6.07, 6.45) is 1.79. The molecule has 2 aliphatic heterocycles. The van der Waals surface area contributed by atoms with Crippen molar-refractivity contribution in [1.29, 1.82) is 0 Å². The number of ketones is 1. The molecule has 7 nitrogen and oxygen atoms in total. The number of carbonyl (C=O) groups excluding carboxylic acids is 4. The Bertz CT molecular complexity index is 740. The molecule has 1 aliphatic carbocycles. The van der Waals surface area contributed by atoms with Crippen molar-refractivity contribution in [2.45, 2.75) is 39.2 Å². The summed E-state index contributed by atoms with van der Waals surface area (Å²) in [5.74, 6) is -0.578. The number of amides is 3. The number of fused-ring (bicyclic) bond motifs is 2. The number of imide groups is 1. The highest BCUT2D eigenvalue weighted by molar-refractivity contribution is 6.04. The molecule has 0 atom stereocenters. The van der Waals surface area contributed by atoms with E-state index < -0.39 is 11.5 Å². The first-order valence-electron chi connectivity index (χ1n) is 9.20. The van der Waals surface area contributed by atoms with E-state index in [0.29, 0.717) is 32.2 Å². The number of hydrogen-bond donors (Lipinski definition) is 1. The minimum Gasteiger partial charge on any atom is -0.445 e. The molecule has 0 radical (unpaired) electrons. The second kappa shape index (κ2) is 7.90. The number of Topliss-reactive ketones (excluding diaryl/α,β-unsaturated/α-hetero) is 1. The Morgan fingerprint density at radius 2 is 1.93 bits per heavy atom. The summed E-state index contributed by atoms with van der Waals surface area (Å²) in [6.45, 7) is 1.88. The van der Waals surface area contributed by atoms with E-state index in [4.69, 9.17) is 4.74 Å². The topological polar surface area (TPSA) is 92.8 Å². The van der Waals surface area contributed by atoms with Gasteiger partial charge in [0, 0.05) is 12.5 Å². The summed E-state index contributed by atoms with van der Waals surface area (Å²) in [4.78, 5) is 48.9. The molecule has 27 heavy (non-hydrogen) atoms. The first kappa shape index (κ1) is 19.1. The van der Waals surface area contributed by atoms with Crippen LogP contribution in [0.15, 0.2) is 30.3 Å². The highest BCUT2D eigenvalue weighted by atomic mass is 16.6. The zero-order valence-electron chi connectivity index (χ0n) is 15.4. The van der Waals surface area contributed by atoms with Gasteiger partial charge >= 0.3 is 6.09 Å². The van der Waals surface area contributed by atoms with Gasteiger partial charge in [-0.3, -0.25) is 19.7 Å². The normalized spacial score (nSPS) is 23.2. The SMILES string of the molecule is CC(=O)CN(CCCC12CC(C1)C(=O)NC2=O)C(=O)OCc1ccccc1. The quantitative estimate of drug-likeness (QED) is 0.705. The summed E-state index contributed by atoms with van der Waals surface area (Å²) >= 11 is 0. The lowest BCUT2D eigenvalue weighted by Gasteiger charge is -2.49. The average Bonchev–Trinajstić information content (AvgIpc) is 2.60. The van der Waals surface area contributed by atoms with Gasteiger partial charge in [-0.1, -0.05) is 30.3 Å². The molecule has 0 unspecified atom stereocenters. The number of nitrogens with zero attached hydrogens (tertiary/aromatic N) is 1. The van der Waals surface area contributed by atoms with Crippen LogP contribution in [0.25, 0.3) is 0 Å². The molecule has 7 heteroatoms. The van der Waals surface area contributed by atoms with Gasteiger partial charge in [0.25, 0.3) is 0 Å². The van der Waals surface area contributed by atoms with E-state index in [2.05, 4.69) is 5.32 Å². The fourth-order valence-electron chi connectivity index (χ4n) is 3.84. The van der Waals surface area contributed by atoms with Gasteiger partial charge in [0.1, 0.15) is 12.4 Å². The van der Waals surface area contributed by atoms with Crippen molar-refractivity contribution in [3.63, 3.8) is 0 Å². The number of piperidine rings is 2. The van der Waals surface area contributed by atoms with E-state index in [1.165, 1.54) is 11.8 Å². The second-order valence-electron chi connectivity index (χ2n) is 7.47.